The average Bonchev–Trinajstić information content (AvgIpc) is 2.34. The average molecular weight is 308 g/mol. The summed E-state index contributed by atoms with van der Waals surface area (Å²) in [5, 5.41) is 8.13. The molecule has 0 aromatic carbocycles. The van der Waals surface area contributed by atoms with E-state index < -0.39 is 32.9 Å². The van der Waals surface area contributed by atoms with Crippen LogP contribution in [0.4, 0.5) is 4.39 Å². The Kier molecular flexibility index (Phi) is 5.70. The zero-order chi connectivity index (χ0) is 14.5. The van der Waals surface area contributed by atoms with Gasteiger partial charge in [-0.3, -0.25) is 4.79 Å². The highest BCUT2D eigenvalue weighted by Gasteiger charge is 2.27. The second-order valence-corrected chi connectivity index (χ2v) is 6.20. The molecule has 0 aliphatic heterocycles. The fourth-order valence-corrected chi connectivity index (χ4v) is 2.98. The Bertz CT molecular complexity index is 550. The molecular formula is C10H13FN2O4S2. The molecule has 0 unspecified atom stereocenters. The number of aromatic nitrogens is 1. The largest absolute Gasteiger partial charge is 0.480 e. The summed E-state index contributed by atoms with van der Waals surface area (Å²) in [7, 11) is -4.29. The smallest absolute Gasteiger partial charge is 0.321 e. The molecule has 0 amide bonds. The van der Waals surface area contributed by atoms with Crippen LogP contribution in [0.1, 0.15) is 6.42 Å². The fraction of sp³-hybridized carbons (Fsp3) is 0.400. The first-order valence-electron chi connectivity index (χ1n) is 5.23. The van der Waals surface area contributed by atoms with Gasteiger partial charge >= 0.3 is 5.97 Å². The van der Waals surface area contributed by atoms with Gasteiger partial charge in [-0.05, 0) is 30.6 Å². The van der Waals surface area contributed by atoms with E-state index in [1.54, 1.807) is 6.26 Å². The lowest BCUT2D eigenvalue weighted by Crippen LogP contribution is -2.41. The molecule has 1 heterocycles. The van der Waals surface area contributed by atoms with Crippen LogP contribution in [0.2, 0.25) is 0 Å². The summed E-state index contributed by atoms with van der Waals surface area (Å²) in [6.45, 7) is 0. The van der Waals surface area contributed by atoms with Crippen molar-refractivity contribution in [3.8, 4) is 0 Å². The van der Waals surface area contributed by atoms with E-state index in [1.165, 1.54) is 17.8 Å². The quantitative estimate of drug-likeness (QED) is 0.770. The number of nitrogens with one attached hydrogen (secondary N) is 1. The number of hydrogen-bond acceptors (Lipinski definition) is 5. The zero-order valence-electron chi connectivity index (χ0n) is 10.0. The molecule has 0 saturated heterocycles. The lowest BCUT2D eigenvalue weighted by molar-refractivity contribution is -0.139. The molecular weight excluding hydrogens is 295 g/mol. The van der Waals surface area contributed by atoms with Gasteiger partial charge in [0.05, 0.1) is 0 Å². The van der Waals surface area contributed by atoms with Crippen LogP contribution in [0.5, 0.6) is 0 Å². The third-order valence-corrected chi connectivity index (χ3v) is 4.23. The van der Waals surface area contributed by atoms with Gasteiger partial charge in [0.25, 0.3) is 10.0 Å². The van der Waals surface area contributed by atoms with Crippen molar-refractivity contribution in [2.24, 2.45) is 0 Å². The molecule has 0 saturated carbocycles. The van der Waals surface area contributed by atoms with E-state index in [4.69, 9.17) is 5.11 Å². The predicted molar refractivity (Wildman–Crippen MR) is 68.9 cm³/mol. The molecule has 0 bridgehead atoms. The Labute approximate surface area is 114 Å². The van der Waals surface area contributed by atoms with E-state index in [1.807, 2.05) is 4.72 Å². The van der Waals surface area contributed by atoms with Gasteiger partial charge in [-0.15, -0.1) is 0 Å². The van der Waals surface area contributed by atoms with Gasteiger partial charge in [-0.2, -0.15) is 16.5 Å². The van der Waals surface area contributed by atoms with Crippen LogP contribution in [-0.2, 0) is 14.8 Å². The standard InChI is InChI=1S/C10H13FN2O4S2/c1-18-6-4-8(10(14)15)13-19(16,17)9-7(11)3-2-5-12-9/h2-3,5,8,13H,4,6H2,1H3,(H,14,15)/t8-/m0/s1. The number of rotatable bonds is 7. The van der Waals surface area contributed by atoms with Crippen LogP contribution in [-0.4, -0.2) is 42.5 Å². The molecule has 0 spiro atoms. The predicted octanol–water partition coefficient (Wildman–Crippen LogP) is 0.705. The number of pyridine rings is 1. The second kappa shape index (κ2) is 6.83. The SMILES string of the molecule is CSCC[C@H](NS(=O)(=O)c1ncccc1F)C(=O)O. The second-order valence-electron chi connectivity index (χ2n) is 3.58. The lowest BCUT2D eigenvalue weighted by atomic mass is 10.2. The van der Waals surface area contributed by atoms with Crippen molar-refractivity contribution >= 4 is 27.8 Å². The van der Waals surface area contributed by atoms with Crippen molar-refractivity contribution in [2.75, 3.05) is 12.0 Å². The van der Waals surface area contributed by atoms with Crippen molar-refractivity contribution in [3.05, 3.63) is 24.1 Å². The van der Waals surface area contributed by atoms with Crippen molar-refractivity contribution in [1.29, 1.82) is 0 Å². The van der Waals surface area contributed by atoms with E-state index in [0.29, 0.717) is 5.75 Å². The summed E-state index contributed by atoms with van der Waals surface area (Å²) in [5.41, 5.74) is 0. The summed E-state index contributed by atoms with van der Waals surface area (Å²) >= 11 is 1.38. The summed E-state index contributed by atoms with van der Waals surface area (Å²) in [5.74, 6) is -1.87. The molecule has 1 rings (SSSR count). The van der Waals surface area contributed by atoms with Crippen LogP contribution in [0, 0.1) is 5.82 Å². The van der Waals surface area contributed by atoms with Crippen molar-refractivity contribution < 1.29 is 22.7 Å². The molecule has 1 aromatic rings. The Morgan fingerprint density at radius 2 is 2.32 bits per heavy atom. The lowest BCUT2D eigenvalue weighted by Gasteiger charge is -2.13. The van der Waals surface area contributed by atoms with Gasteiger partial charge in [0.2, 0.25) is 5.03 Å². The van der Waals surface area contributed by atoms with Gasteiger partial charge < -0.3 is 5.11 Å². The van der Waals surface area contributed by atoms with Crippen LogP contribution in [0.25, 0.3) is 0 Å². The first-order chi connectivity index (χ1) is 8.88. The number of carboxylic acid groups (broad SMARTS) is 1. The number of halogens is 1. The maximum absolute atomic E-state index is 13.4. The van der Waals surface area contributed by atoms with E-state index in [9.17, 15) is 17.6 Å². The third kappa shape index (κ3) is 4.44. The molecule has 106 valence electrons. The van der Waals surface area contributed by atoms with Gasteiger partial charge in [0, 0.05) is 6.20 Å². The topological polar surface area (TPSA) is 96.4 Å². The Balaban J connectivity index is 2.95. The molecule has 2 N–H and O–H groups in total. The zero-order valence-corrected chi connectivity index (χ0v) is 11.7. The maximum atomic E-state index is 13.4. The first kappa shape index (κ1) is 15.9. The van der Waals surface area contributed by atoms with E-state index >= 15 is 0 Å². The van der Waals surface area contributed by atoms with Crippen molar-refractivity contribution in [3.63, 3.8) is 0 Å². The van der Waals surface area contributed by atoms with Gasteiger partial charge in [0.15, 0.2) is 5.82 Å². The monoisotopic (exact) mass is 308 g/mol. The number of nitrogens with zero attached hydrogens (tertiary/aromatic N) is 1. The maximum Gasteiger partial charge on any atom is 0.321 e. The summed E-state index contributed by atoms with van der Waals surface area (Å²) in [4.78, 5) is 14.4. The minimum Gasteiger partial charge on any atom is -0.480 e. The highest BCUT2D eigenvalue weighted by Crippen LogP contribution is 2.12. The number of carboxylic acids is 1. The van der Waals surface area contributed by atoms with Crippen LogP contribution < -0.4 is 4.72 Å². The molecule has 0 radical (unpaired) electrons. The van der Waals surface area contributed by atoms with Crippen LogP contribution >= 0.6 is 11.8 Å². The number of hydrogen-bond donors (Lipinski definition) is 2. The minimum absolute atomic E-state index is 0.101. The first-order valence-corrected chi connectivity index (χ1v) is 8.10. The molecule has 1 atom stereocenters. The Morgan fingerprint density at radius 3 is 2.84 bits per heavy atom. The minimum atomic E-state index is -4.29. The number of sulfonamides is 1. The van der Waals surface area contributed by atoms with Gasteiger partial charge in [-0.25, -0.2) is 17.8 Å². The van der Waals surface area contributed by atoms with Crippen molar-refractivity contribution in [2.45, 2.75) is 17.5 Å². The fourth-order valence-electron chi connectivity index (χ4n) is 1.28. The van der Waals surface area contributed by atoms with E-state index in [0.717, 1.165) is 12.3 Å². The van der Waals surface area contributed by atoms with Gasteiger partial charge in [-0.1, -0.05) is 0 Å². The van der Waals surface area contributed by atoms with Crippen molar-refractivity contribution in [1.82, 2.24) is 9.71 Å². The normalized spacial score (nSPS) is 13.2. The summed E-state index contributed by atoms with van der Waals surface area (Å²) in [6.07, 6.45) is 2.99. The summed E-state index contributed by atoms with van der Waals surface area (Å²) < 4.78 is 39.0. The highest BCUT2D eigenvalue weighted by molar-refractivity contribution is 7.98. The third-order valence-electron chi connectivity index (χ3n) is 2.19. The summed E-state index contributed by atoms with van der Waals surface area (Å²) in [6, 6.07) is 0.884. The van der Waals surface area contributed by atoms with E-state index in [-0.39, 0.29) is 6.42 Å². The Hall–Kier alpha value is -1.19. The number of carbonyl (C=O) groups is 1. The van der Waals surface area contributed by atoms with Crippen LogP contribution in [0.15, 0.2) is 23.4 Å². The molecule has 0 aliphatic rings. The number of thioether (sulfide) groups is 1. The molecule has 9 heteroatoms. The molecule has 0 aliphatic carbocycles. The van der Waals surface area contributed by atoms with Crippen LogP contribution in [0.3, 0.4) is 0 Å². The highest BCUT2D eigenvalue weighted by atomic mass is 32.2. The molecule has 1 aromatic heterocycles. The van der Waals surface area contributed by atoms with E-state index in [2.05, 4.69) is 4.98 Å². The number of aliphatic carboxylic acids is 1. The van der Waals surface area contributed by atoms with Gasteiger partial charge in [0.1, 0.15) is 6.04 Å². The molecule has 0 fully saturated rings. The molecule has 19 heavy (non-hydrogen) atoms. The molecule has 6 nitrogen and oxygen atoms in total. The Morgan fingerprint density at radius 1 is 1.63 bits per heavy atom.